The van der Waals surface area contributed by atoms with Crippen molar-refractivity contribution in [2.45, 2.75) is 6.42 Å². The standard InChI is InChI=1S/C22H18N4OS/c1-3-21-24-20(14-28-21)22(27)23-11-10-15-6-4-7-16(12-15)17-8-5-9-19-18(17)13-26(2)25-19/h1,4-9,12-14H,10-11H2,2H3,(H,23,27). The molecule has 0 bridgehead atoms. The lowest BCUT2D eigenvalue weighted by Gasteiger charge is -2.07. The maximum atomic E-state index is 12.2. The average molecular weight is 386 g/mol. The average Bonchev–Trinajstić information content (AvgIpc) is 3.33. The number of rotatable bonds is 5. The quantitative estimate of drug-likeness (QED) is 0.533. The van der Waals surface area contributed by atoms with E-state index in [-0.39, 0.29) is 5.91 Å². The number of amides is 1. The Morgan fingerprint density at radius 1 is 1.29 bits per heavy atom. The highest BCUT2D eigenvalue weighted by Gasteiger charge is 2.10. The first-order chi connectivity index (χ1) is 13.6. The SMILES string of the molecule is C#Cc1nc(C(=O)NCCc2cccc(-c3cccc4nn(C)cc34)c2)cs1. The van der Waals surface area contributed by atoms with Crippen molar-refractivity contribution in [1.29, 1.82) is 0 Å². The van der Waals surface area contributed by atoms with Gasteiger partial charge in [-0.05, 0) is 35.1 Å². The molecule has 28 heavy (non-hydrogen) atoms. The van der Waals surface area contributed by atoms with Crippen molar-refractivity contribution in [2.75, 3.05) is 6.54 Å². The third kappa shape index (κ3) is 3.66. The van der Waals surface area contributed by atoms with Crippen LogP contribution in [0.2, 0.25) is 0 Å². The number of benzene rings is 2. The van der Waals surface area contributed by atoms with Gasteiger partial charge in [-0.15, -0.1) is 17.8 Å². The Labute approximate surface area is 167 Å². The maximum Gasteiger partial charge on any atom is 0.270 e. The summed E-state index contributed by atoms with van der Waals surface area (Å²) in [6.45, 7) is 0.530. The van der Waals surface area contributed by atoms with Crippen LogP contribution in [-0.2, 0) is 13.5 Å². The largest absolute Gasteiger partial charge is 0.350 e. The van der Waals surface area contributed by atoms with E-state index in [1.807, 2.05) is 36.1 Å². The van der Waals surface area contributed by atoms with Crippen molar-refractivity contribution >= 4 is 28.1 Å². The van der Waals surface area contributed by atoms with Crippen LogP contribution < -0.4 is 5.32 Å². The molecule has 6 heteroatoms. The minimum absolute atomic E-state index is 0.200. The molecule has 0 saturated heterocycles. The van der Waals surface area contributed by atoms with Crippen LogP contribution in [0.4, 0.5) is 0 Å². The zero-order valence-corrected chi connectivity index (χ0v) is 16.2. The molecule has 1 amide bonds. The van der Waals surface area contributed by atoms with E-state index in [0.29, 0.717) is 17.2 Å². The third-order valence-electron chi connectivity index (χ3n) is 4.46. The molecule has 4 rings (SSSR count). The second kappa shape index (κ2) is 7.67. The molecular weight excluding hydrogens is 368 g/mol. The molecule has 0 aliphatic rings. The second-order valence-corrected chi connectivity index (χ2v) is 7.29. The van der Waals surface area contributed by atoms with Crippen LogP contribution in [0.1, 0.15) is 21.1 Å². The maximum absolute atomic E-state index is 12.2. The number of terminal acetylenes is 1. The highest BCUT2D eigenvalue weighted by atomic mass is 32.1. The van der Waals surface area contributed by atoms with E-state index in [9.17, 15) is 4.79 Å². The summed E-state index contributed by atoms with van der Waals surface area (Å²) in [5.74, 6) is 2.24. The van der Waals surface area contributed by atoms with Crippen molar-refractivity contribution in [3.63, 3.8) is 0 Å². The lowest BCUT2D eigenvalue weighted by molar-refractivity contribution is 0.0950. The van der Waals surface area contributed by atoms with E-state index in [1.54, 1.807) is 5.38 Å². The molecule has 1 N–H and O–H groups in total. The molecule has 0 unspecified atom stereocenters. The summed E-state index contributed by atoms with van der Waals surface area (Å²) < 4.78 is 1.83. The number of hydrogen-bond acceptors (Lipinski definition) is 4. The van der Waals surface area contributed by atoms with Gasteiger partial charge >= 0.3 is 0 Å². The topological polar surface area (TPSA) is 59.8 Å². The van der Waals surface area contributed by atoms with Gasteiger partial charge in [0.1, 0.15) is 5.69 Å². The number of hydrogen-bond donors (Lipinski definition) is 1. The van der Waals surface area contributed by atoms with E-state index < -0.39 is 0 Å². The molecule has 138 valence electrons. The van der Waals surface area contributed by atoms with Crippen LogP contribution in [0.15, 0.2) is 54.0 Å². The Bertz CT molecular complexity index is 1200. The summed E-state index contributed by atoms with van der Waals surface area (Å²) in [4.78, 5) is 16.3. The Balaban J connectivity index is 1.47. The Kier molecular flexibility index (Phi) is 4.92. The van der Waals surface area contributed by atoms with E-state index in [1.165, 1.54) is 11.3 Å². The second-order valence-electron chi connectivity index (χ2n) is 6.43. The van der Waals surface area contributed by atoms with E-state index in [4.69, 9.17) is 6.42 Å². The molecule has 0 saturated carbocycles. The number of fused-ring (bicyclic) bond motifs is 1. The van der Waals surface area contributed by atoms with Gasteiger partial charge in [0.05, 0.1) is 5.52 Å². The molecule has 5 nitrogen and oxygen atoms in total. The minimum Gasteiger partial charge on any atom is -0.350 e. The Morgan fingerprint density at radius 2 is 2.14 bits per heavy atom. The zero-order chi connectivity index (χ0) is 19.5. The van der Waals surface area contributed by atoms with Gasteiger partial charge in [-0.1, -0.05) is 36.4 Å². The fourth-order valence-corrected chi connectivity index (χ4v) is 3.76. The molecule has 0 spiro atoms. The predicted octanol–water partition coefficient (Wildman–Crippen LogP) is 3.65. The molecule has 0 radical (unpaired) electrons. The highest BCUT2D eigenvalue weighted by Crippen LogP contribution is 2.28. The van der Waals surface area contributed by atoms with Gasteiger partial charge in [0.2, 0.25) is 0 Å². The minimum atomic E-state index is -0.200. The number of carbonyl (C=O) groups is 1. The van der Waals surface area contributed by atoms with Crippen molar-refractivity contribution in [3.05, 3.63) is 70.3 Å². The van der Waals surface area contributed by atoms with Crippen molar-refractivity contribution < 1.29 is 4.79 Å². The van der Waals surface area contributed by atoms with E-state index >= 15 is 0 Å². The van der Waals surface area contributed by atoms with E-state index in [0.717, 1.165) is 34.0 Å². The first kappa shape index (κ1) is 18.0. The van der Waals surface area contributed by atoms with E-state index in [2.05, 4.69) is 45.6 Å². The predicted molar refractivity (Wildman–Crippen MR) is 112 cm³/mol. The van der Waals surface area contributed by atoms with Gasteiger partial charge in [-0.3, -0.25) is 9.48 Å². The van der Waals surface area contributed by atoms with Crippen LogP contribution in [-0.4, -0.2) is 27.2 Å². The van der Waals surface area contributed by atoms with Crippen LogP contribution in [0.25, 0.3) is 22.0 Å². The zero-order valence-electron chi connectivity index (χ0n) is 15.3. The van der Waals surface area contributed by atoms with Crippen LogP contribution in [0, 0.1) is 12.3 Å². The van der Waals surface area contributed by atoms with Crippen molar-refractivity contribution in [2.24, 2.45) is 7.05 Å². The van der Waals surface area contributed by atoms with Crippen LogP contribution in [0.3, 0.4) is 0 Å². The van der Waals surface area contributed by atoms with Gasteiger partial charge in [-0.2, -0.15) is 5.10 Å². The summed E-state index contributed by atoms with van der Waals surface area (Å²) >= 11 is 1.29. The van der Waals surface area contributed by atoms with Crippen LogP contribution in [0.5, 0.6) is 0 Å². The number of aryl methyl sites for hydroxylation is 1. The fourth-order valence-electron chi connectivity index (χ4n) is 3.16. The van der Waals surface area contributed by atoms with Gasteiger partial charge in [0.25, 0.3) is 5.91 Å². The molecule has 0 fully saturated rings. The Hall–Kier alpha value is -3.43. The smallest absolute Gasteiger partial charge is 0.270 e. The molecule has 2 aromatic heterocycles. The molecule has 2 heterocycles. The summed E-state index contributed by atoms with van der Waals surface area (Å²) in [5, 5.41) is 10.7. The highest BCUT2D eigenvalue weighted by molar-refractivity contribution is 7.10. The molecule has 2 aromatic carbocycles. The van der Waals surface area contributed by atoms with Gasteiger partial charge < -0.3 is 5.32 Å². The fraction of sp³-hybridized carbons (Fsp3) is 0.136. The van der Waals surface area contributed by atoms with Crippen LogP contribution >= 0.6 is 11.3 Å². The number of thiazole rings is 1. The van der Waals surface area contributed by atoms with Gasteiger partial charge in [0.15, 0.2) is 5.01 Å². The van der Waals surface area contributed by atoms with Crippen molar-refractivity contribution in [3.8, 4) is 23.5 Å². The van der Waals surface area contributed by atoms with Gasteiger partial charge in [0, 0.05) is 30.6 Å². The monoisotopic (exact) mass is 386 g/mol. The number of nitrogens with zero attached hydrogens (tertiary/aromatic N) is 3. The molecule has 0 aliphatic heterocycles. The molecule has 0 aliphatic carbocycles. The Morgan fingerprint density at radius 3 is 2.96 bits per heavy atom. The van der Waals surface area contributed by atoms with Gasteiger partial charge in [-0.25, -0.2) is 4.98 Å². The third-order valence-corrected chi connectivity index (χ3v) is 5.24. The number of carbonyl (C=O) groups excluding carboxylic acids is 1. The molecule has 4 aromatic rings. The summed E-state index contributed by atoms with van der Waals surface area (Å²) in [7, 11) is 1.93. The van der Waals surface area contributed by atoms with Crippen molar-refractivity contribution in [1.82, 2.24) is 20.1 Å². The normalized spacial score (nSPS) is 10.7. The lowest BCUT2D eigenvalue weighted by Crippen LogP contribution is -2.26. The first-order valence-corrected chi connectivity index (χ1v) is 9.74. The summed E-state index contributed by atoms with van der Waals surface area (Å²) in [6.07, 6.45) is 8.07. The lowest BCUT2D eigenvalue weighted by atomic mass is 9.99. The molecule has 0 atom stereocenters. The number of nitrogens with one attached hydrogen (secondary N) is 1. The molecular formula is C22H18N4OS. The number of aromatic nitrogens is 3. The summed E-state index contributed by atoms with van der Waals surface area (Å²) in [6, 6.07) is 14.5. The summed E-state index contributed by atoms with van der Waals surface area (Å²) in [5.41, 5.74) is 4.80. The first-order valence-electron chi connectivity index (χ1n) is 8.86.